The van der Waals surface area contributed by atoms with Gasteiger partial charge in [0, 0.05) is 22.4 Å². The predicted molar refractivity (Wildman–Crippen MR) is 112 cm³/mol. The van der Waals surface area contributed by atoms with Crippen molar-refractivity contribution >= 4 is 17.8 Å². The Balaban J connectivity index is 1.25. The highest BCUT2D eigenvalue weighted by Gasteiger charge is 2.21. The molecule has 0 fully saturated rings. The molecule has 0 saturated carbocycles. The number of hydrogen-bond acceptors (Lipinski definition) is 3. The number of benzene rings is 3. The van der Waals surface area contributed by atoms with E-state index in [0.717, 1.165) is 20.9 Å². The van der Waals surface area contributed by atoms with Crippen LogP contribution in [0.25, 0.3) is 0 Å². The van der Waals surface area contributed by atoms with Crippen LogP contribution in [0.3, 0.4) is 0 Å². The molecule has 3 aromatic carbocycles. The minimum Gasteiger partial charge on any atom is -0.491 e. The van der Waals surface area contributed by atoms with Crippen molar-refractivity contribution < 1.29 is 18.3 Å². The van der Waals surface area contributed by atoms with Gasteiger partial charge in [-0.3, -0.25) is 0 Å². The molecule has 0 saturated heterocycles. The Kier molecular flexibility index (Phi) is 6.18. The molecule has 2 amide bonds. The number of carbonyl (C=O) groups excluding carboxylic acids is 1. The summed E-state index contributed by atoms with van der Waals surface area (Å²) in [5.41, 5.74) is 1.84. The molecule has 1 unspecified atom stereocenters. The van der Waals surface area contributed by atoms with Crippen LogP contribution in [0.4, 0.5) is 13.6 Å². The lowest BCUT2D eigenvalue weighted by Crippen LogP contribution is -2.47. The summed E-state index contributed by atoms with van der Waals surface area (Å²) in [5.74, 6) is -0.0519. The number of hydrogen-bond donors (Lipinski definition) is 2. The van der Waals surface area contributed by atoms with E-state index in [4.69, 9.17) is 4.74 Å². The number of carbonyl (C=O) groups is 1. The van der Waals surface area contributed by atoms with Gasteiger partial charge in [0.25, 0.3) is 0 Å². The van der Waals surface area contributed by atoms with Crippen molar-refractivity contribution in [1.82, 2.24) is 10.6 Å². The molecule has 30 heavy (non-hydrogen) atoms. The van der Waals surface area contributed by atoms with E-state index in [2.05, 4.69) is 10.6 Å². The highest BCUT2D eigenvalue weighted by atomic mass is 32.2. The van der Waals surface area contributed by atoms with E-state index >= 15 is 0 Å². The zero-order valence-corrected chi connectivity index (χ0v) is 16.8. The summed E-state index contributed by atoms with van der Waals surface area (Å²) in [6, 6.07) is 18.2. The summed E-state index contributed by atoms with van der Waals surface area (Å²) in [6.45, 7) is 0.696. The summed E-state index contributed by atoms with van der Waals surface area (Å²) in [6.07, 6.45) is 0.596. The molecule has 2 N–H and O–H groups in total. The second-order valence-electron chi connectivity index (χ2n) is 6.99. The molecule has 0 spiro atoms. The smallest absolute Gasteiger partial charge is 0.315 e. The van der Waals surface area contributed by atoms with Gasteiger partial charge in [0.05, 0.1) is 6.04 Å². The summed E-state index contributed by atoms with van der Waals surface area (Å²) >= 11 is 1.54. The van der Waals surface area contributed by atoms with Crippen LogP contribution in [0.1, 0.15) is 11.1 Å². The number of halogens is 2. The van der Waals surface area contributed by atoms with E-state index in [1.807, 2.05) is 24.3 Å². The van der Waals surface area contributed by atoms with Crippen molar-refractivity contribution in [2.24, 2.45) is 0 Å². The van der Waals surface area contributed by atoms with Gasteiger partial charge in [-0.2, -0.15) is 0 Å². The standard InChI is InChI=1S/C23H20F2N2O2S/c24-17-5-9-21(10-6-17)30-20-7-1-15(2-8-20)13-26-23(28)27-19-11-16-3-4-18(25)12-22(16)29-14-19/h1-10,12,19H,11,13-14H2,(H2,26,27,28). The number of amides is 2. The van der Waals surface area contributed by atoms with Crippen LogP contribution in [-0.2, 0) is 13.0 Å². The Morgan fingerprint density at radius 3 is 2.37 bits per heavy atom. The average Bonchev–Trinajstić information content (AvgIpc) is 2.75. The summed E-state index contributed by atoms with van der Waals surface area (Å²) in [4.78, 5) is 14.2. The predicted octanol–water partition coefficient (Wildman–Crippen LogP) is 4.92. The number of urea groups is 1. The second kappa shape index (κ2) is 9.17. The molecule has 4 rings (SSSR count). The van der Waals surface area contributed by atoms with Crippen LogP contribution in [0.5, 0.6) is 5.75 Å². The fourth-order valence-corrected chi connectivity index (χ4v) is 3.99. The van der Waals surface area contributed by atoms with E-state index in [-0.39, 0.29) is 23.7 Å². The second-order valence-corrected chi connectivity index (χ2v) is 8.14. The molecule has 1 aliphatic rings. The van der Waals surface area contributed by atoms with Gasteiger partial charge in [0.15, 0.2) is 0 Å². The molecular formula is C23H20F2N2O2S. The van der Waals surface area contributed by atoms with Crippen LogP contribution < -0.4 is 15.4 Å². The largest absolute Gasteiger partial charge is 0.491 e. The Morgan fingerprint density at radius 1 is 0.967 bits per heavy atom. The number of rotatable bonds is 5. The highest BCUT2D eigenvalue weighted by molar-refractivity contribution is 7.99. The van der Waals surface area contributed by atoms with Crippen molar-refractivity contribution in [3.63, 3.8) is 0 Å². The maximum absolute atomic E-state index is 13.2. The van der Waals surface area contributed by atoms with Gasteiger partial charge in [-0.25, -0.2) is 13.6 Å². The lowest BCUT2D eigenvalue weighted by Gasteiger charge is -2.26. The maximum Gasteiger partial charge on any atom is 0.315 e. The van der Waals surface area contributed by atoms with Crippen molar-refractivity contribution in [3.8, 4) is 5.75 Å². The molecule has 0 radical (unpaired) electrons. The summed E-state index contributed by atoms with van der Waals surface area (Å²) in [7, 11) is 0. The van der Waals surface area contributed by atoms with Crippen molar-refractivity contribution in [3.05, 3.63) is 89.5 Å². The quantitative estimate of drug-likeness (QED) is 0.609. The first kappa shape index (κ1) is 20.2. The fraction of sp³-hybridized carbons (Fsp3) is 0.174. The third-order valence-electron chi connectivity index (χ3n) is 4.70. The zero-order chi connectivity index (χ0) is 20.9. The Labute approximate surface area is 177 Å². The molecular weight excluding hydrogens is 406 g/mol. The Morgan fingerprint density at radius 2 is 1.63 bits per heavy atom. The van der Waals surface area contributed by atoms with Crippen molar-refractivity contribution in [1.29, 1.82) is 0 Å². The van der Waals surface area contributed by atoms with Gasteiger partial charge in [-0.15, -0.1) is 0 Å². The van der Waals surface area contributed by atoms with Gasteiger partial charge >= 0.3 is 6.03 Å². The topological polar surface area (TPSA) is 50.4 Å². The molecule has 0 aliphatic carbocycles. The molecule has 0 aromatic heterocycles. The molecule has 154 valence electrons. The van der Waals surface area contributed by atoms with Gasteiger partial charge < -0.3 is 15.4 Å². The average molecular weight is 426 g/mol. The number of fused-ring (bicyclic) bond motifs is 1. The number of ether oxygens (including phenoxy) is 1. The van der Waals surface area contributed by atoms with Gasteiger partial charge in [-0.05, 0) is 60.0 Å². The highest BCUT2D eigenvalue weighted by Crippen LogP contribution is 2.28. The third-order valence-corrected chi connectivity index (χ3v) is 5.71. The normalized spacial score (nSPS) is 15.1. The lowest BCUT2D eigenvalue weighted by atomic mass is 10.0. The first-order valence-electron chi connectivity index (χ1n) is 9.53. The van der Waals surface area contributed by atoms with Crippen LogP contribution in [0.15, 0.2) is 76.5 Å². The van der Waals surface area contributed by atoms with Crippen LogP contribution in [0, 0.1) is 11.6 Å². The molecule has 0 bridgehead atoms. The molecule has 1 heterocycles. The minimum atomic E-state index is -0.333. The molecule has 1 atom stereocenters. The van der Waals surface area contributed by atoms with Gasteiger partial charge in [-0.1, -0.05) is 30.0 Å². The van der Waals surface area contributed by atoms with E-state index in [0.29, 0.717) is 25.3 Å². The maximum atomic E-state index is 13.2. The SMILES string of the molecule is O=C(NCc1ccc(Sc2ccc(F)cc2)cc1)NC1COc2cc(F)ccc2C1. The van der Waals surface area contributed by atoms with Crippen molar-refractivity contribution in [2.45, 2.75) is 28.8 Å². The van der Waals surface area contributed by atoms with E-state index in [1.54, 1.807) is 30.0 Å². The first-order valence-corrected chi connectivity index (χ1v) is 10.3. The Hall–Kier alpha value is -3.06. The van der Waals surface area contributed by atoms with E-state index in [9.17, 15) is 13.6 Å². The lowest BCUT2D eigenvalue weighted by molar-refractivity contribution is 0.214. The minimum absolute atomic E-state index is 0.169. The summed E-state index contributed by atoms with van der Waals surface area (Å²) < 4.78 is 31.8. The van der Waals surface area contributed by atoms with Gasteiger partial charge in [0.1, 0.15) is 24.0 Å². The Bertz CT molecular complexity index is 1030. The monoisotopic (exact) mass is 426 g/mol. The van der Waals surface area contributed by atoms with E-state index < -0.39 is 0 Å². The molecule has 3 aromatic rings. The molecule has 7 heteroatoms. The van der Waals surface area contributed by atoms with Crippen molar-refractivity contribution in [2.75, 3.05) is 6.61 Å². The van der Waals surface area contributed by atoms with Crippen LogP contribution in [-0.4, -0.2) is 18.7 Å². The molecule has 1 aliphatic heterocycles. The van der Waals surface area contributed by atoms with Crippen LogP contribution in [0.2, 0.25) is 0 Å². The number of nitrogens with one attached hydrogen (secondary N) is 2. The van der Waals surface area contributed by atoms with Gasteiger partial charge in [0.2, 0.25) is 0 Å². The fourth-order valence-electron chi connectivity index (χ4n) is 3.17. The van der Waals surface area contributed by atoms with Crippen LogP contribution >= 0.6 is 11.8 Å². The first-order chi connectivity index (χ1) is 14.5. The third kappa shape index (κ3) is 5.30. The zero-order valence-electron chi connectivity index (χ0n) is 16.0. The molecule has 4 nitrogen and oxygen atoms in total. The van der Waals surface area contributed by atoms with E-state index in [1.165, 1.54) is 24.3 Å². The summed E-state index contributed by atoms with van der Waals surface area (Å²) in [5, 5.41) is 5.73.